The average molecular weight is 246 g/mol. The molecule has 3 rings (SSSR count). The molecule has 1 aliphatic rings. The van der Waals surface area contributed by atoms with Crippen LogP contribution in [0.5, 0.6) is 0 Å². The lowest BCUT2D eigenvalue weighted by atomic mass is 10.1. The van der Waals surface area contributed by atoms with E-state index in [1.807, 2.05) is 25.1 Å². The SMILES string of the molecule is Cc1nc2cc(C(N)N3CCNCC3)ccc2o1. The molecule has 0 spiro atoms. The molecule has 2 aromatic rings. The van der Waals surface area contributed by atoms with E-state index in [2.05, 4.69) is 15.2 Å². The highest BCUT2D eigenvalue weighted by Crippen LogP contribution is 2.22. The van der Waals surface area contributed by atoms with E-state index in [9.17, 15) is 0 Å². The van der Waals surface area contributed by atoms with Gasteiger partial charge in [-0.05, 0) is 17.7 Å². The number of fused-ring (bicyclic) bond motifs is 1. The van der Waals surface area contributed by atoms with Gasteiger partial charge in [0.25, 0.3) is 0 Å². The van der Waals surface area contributed by atoms with Crippen LogP contribution < -0.4 is 11.1 Å². The summed E-state index contributed by atoms with van der Waals surface area (Å²) < 4.78 is 5.47. The van der Waals surface area contributed by atoms with Gasteiger partial charge in [0.2, 0.25) is 0 Å². The maximum Gasteiger partial charge on any atom is 0.192 e. The minimum Gasteiger partial charge on any atom is -0.441 e. The Morgan fingerprint density at radius 2 is 2.17 bits per heavy atom. The maximum absolute atomic E-state index is 6.31. The minimum absolute atomic E-state index is 0.0616. The predicted octanol–water partition coefficient (Wildman–Crippen LogP) is 0.999. The molecule has 1 atom stereocenters. The minimum atomic E-state index is -0.0616. The van der Waals surface area contributed by atoms with Crippen LogP contribution in [-0.4, -0.2) is 36.1 Å². The van der Waals surface area contributed by atoms with Gasteiger partial charge in [0, 0.05) is 33.1 Å². The Kier molecular flexibility index (Phi) is 3.03. The lowest BCUT2D eigenvalue weighted by Crippen LogP contribution is -2.47. The maximum atomic E-state index is 6.31. The van der Waals surface area contributed by atoms with Crippen molar-refractivity contribution in [3.8, 4) is 0 Å². The number of piperazine rings is 1. The summed E-state index contributed by atoms with van der Waals surface area (Å²) in [6.45, 7) is 5.82. The number of hydrogen-bond acceptors (Lipinski definition) is 5. The zero-order valence-electron chi connectivity index (χ0n) is 10.5. The monoisotopic (exact) mass is 246 g/mol. The third kappa shape index (κ3) is 2.12. The van der Waals surface area contributed by atoms with Gasteiger partial charge < -0.3 is 15.5 Å². The number of benzene rings is 1. The summed E-state index contributed by atoms with van der Waals surface area (Å²) in [7, 11) is 0. The highest BCUT2D eigenvalue weighted by molar-refractivity contribution is 5.73. The molecule has 0 radical (unpaired) electrons. The number of nitrogens with two attached hydrogens (primary N) is 1. The lowest BCUT2D eigenvalue weighted by molar-refractivity contribution is 0.177. The van der Waals surface area contributed by atoms with Gasteiger partial charge in [0.05, 0.1) is 6.17 Å². The molecule has 2 heterocycles. The number of aromatic nitrogens is 1. The Morgan fingerprint density at radius 3 is 2.94 bits per heavy atom. The van der Waals surface area contributed by atoms with Crippen molar-refractivity contribution >= 4 is 11.1 Å². The molecular formula is C13H18N4O. The number of hydrogen-bond donors (Lipinski definition) is 2. The number of oxazole rings is 1. The van der Waals surface area contributed by atoms with Crippen LogP contribution in [0.4, 0.5) is 0 Å². The van der Waals surface area contributed by atoms with E-state index in [1.54, 1.807) is 0 Å². The van der Waals surface area contributed by atoms with E-state index in [0.29, 0.717) is 5.89 Å². The fourth-order valence-corrected chi connectivity index (χ4v) is 2.41. The highest BCUT2D eigenvalue weighted by atomic mass is 16.3. The van der Waals surface area contributed by atoms with Crippen molar-refractivity contribution in [1.82, 2.24) is 15.2 Å². The second kappa shape index (κ2) is 4.68. The molecule has 5 nitrogen and oxygen atoms in total. The fraction of sp³-hybridized carbons (Fsp3) is 0.462. The number of nitrogens with zero attached hydrogens (tertiary/aromatic N) is 2. The second-order valence-electron chi connectivity index (χ2n) is 4.69. The van der Waals surface area contributed by atoms with E-state index in [1.165, 1.54) is 0 Å². The van der Waals surface area contributed by atoms with Crippen LogP contribution in [0.15, 0.2) is 22.6 Å². The molecule has 5 heteroatoms. The van der Waals surface area contributed by atoms with Crippen LogP contribution >= 0.6 is 0 Å². The molecule has 1 fully saturated rings. The second-order valence-corrected chi connectivity index (χ2v) is 4.69. The first-order valence-electron chi connectivity index (χ1n) is 6.31. The van der Waals surface area contributed by atoms with Crippen LogP contribution in [0.25, 0.3) is 11.1 Å². The molecule has 0 aliphatic carbocycles. The molecular weight excluding hydrogens is 228 g/mol. The summed E-state index contributed by atoms with van der Waals surface area (Å²) in [4.78, 5) is 6.63. The molecule has 1 aromatic carbocycles. The molecule has 3 N–H and O–H groups in total. The quantitative estimate of drug-likeness (QED) is 0.827. The zero-order chi connectivity index (χ0) is 12.5. The first-order chi connectivity index (χ1) is 8.74. The van der Waals surface area contributed by atoms with Crippen molar-refractivity contribution < 1.29 is 4.42 Å². The standard InChI is InChI=1S/C13H18N4O/c1-9-16-11-8-10(2-3-12(11)18-9)13(14)17-6-4-15-5-7-17/h2-3,8,13,15H,4-7,14H2,1H3. The van der Waals surface area contributed by atoms with E-state index in [4.69, 9.17) is 10.2 Å². The van der Waals surface area contributed by atoms with Crippen LogP contribution in [0, 0.1) is 6.92 Å². The molecule has 1 unspecified atom stereocenters. The van der Waals surface area contributed by atoms with Gasteiger partial charge in [-0.2, -0.15) is 0 Å². The van der Waals surface area contributed by atoms with Crippen LogP contribution in [0.2, 0.25) is 0 Å². The Bertz CT molecular complexity index is 545. The van der Waals surface area contributed by atoms with Gasteiger partial charge in [0.15, 0.2) is 11.5 Å². The summed E-state index contributed by atoms with van der Waals surface area (Å²) in [5, 5.41) is 3.33. The third-order valence-electron chi connectivity index (χ3n) is 3.41. The lowest BCUT2D eigenvalue weighted by Gasteiger charge is -2.32. The van der Waals surface area contributed by atoms with E-state index in [0.717, 1.165) is 42.8 Å². The number of aryl methyl sites for hydroxylation is 1. The predicted molar refractivity (Wildman–Crippen MR) is 70.1 cm³/mol. The first kappa shape index (κ1) is 11.6. The van der Waals surface area contributed by atoms with E-state index < -0.39 is 0 Å². The Hall–Kier alpha value is -1.43. The molecule has 1 saturated heterocycles. The fourth-order valence-electron chi connectivity index (χ4n) is 2.41. The summed E-state index contributed by atoms with van der Waals surface area (Å²) in [5.41, 5.74) is 9.11. The van der Waals surface area contributed by atoms with Gasteiger partial charge in [-0.25, -0.2) is 4.98 Å². The van der Waals surface area contributed by atoms with E-state index >= 15 is 0 Å². The molecule has 0 bridgehead atoms. The summed E-state index contributed by atoms with van der Waals surface area (Å²) >= 11 is 0. The molecule has 0 saturated carbocycles. The molecule has 1 aliphatic heterocycles. The average Bonchev–Trinajstić information content (AvgIpc) is 2.78. The van der Waals surface area contributed by atoms with Crippen molar-refractivity contribution in [2.45, 2.75) is 13.1 Å². The van der Waals surface area contributed by atoms with Crippen molar-refractivity contribution in [2.75, 3.05) is 26.2 Å². The van der Waals surface area contributed by atoms with Gasteiger partial charge >= 0.3 is 0 Å². The van der Waals surface area contributed by atoms with Crippen LogP contribution in [-0.2, 0) is 0 Å². The molecule has 1 aromatic heterocycles. The first-order valence-corrected chi connectivity index (χ1v) is 6.31. The Morgan fingerprint density at radius 1 is 1.39 bits per heavy atom. The van der Waals surface area contributed by atoms with Gasteiger partial charge in [-0.1, -0.05) is 6.07 Å². The van der Waals surface area contributed by atoms with E-state index in [-0.39, 0.29) is 6.17 Å². The largest absolute Gasteiger partial charge is 0.441 e. The van der Waals surface area contributed by atoms with Crippen LogP contribution in [0.1, 0.15) is 17.6 Å². The summed E-state index contributed by atoms with van der Waals surface area (Å²) in [6, 6.07) is 6.00. The third-order valence-corrected chi connectivity index (χ3v) is 3.41. The molecule has 96 valence electrons. The summed E-state index contributed by atoms with van der Waals surface area (Å²) in [6.07, 6.45) is -0.0616. The number of nitrogens with one attached hydrogen (secondary N) is 1. The number of rotatable bonds is 2. The van der Waals surface area contributed by atoms with Crippen molar-refractivity contribution in [3.63, 3.8) is 0 Å². The van der Waals surface area contributed by atoms with Crippen LogP contribution in [0.3, 0.4) is 0 Å². The smallest absolute Gasteiger partial charge is 0.192 e. The topological polar surface area (TPSA) is 67.3 Å². The Labute approximate surface area is 106 Å². The Balaban J connectivity index is 1.88. The highest BCUT2D eigenvalue weighted by Gasteiger charge is 2.19. The van der Waals surface area contributed by atoms with Crippen molar-refractivity contribution in [1.29, 1.82) is 0 Å². The molecule has 0 amide bonds. The summed E-state index contributed by atoms with van der Waals surface area (Å²) in [5.74, 6) is 0.692. The zero-order valence-corrected chi connectivity index (χ0v) is 10.5. The van der Waals surface area contributed by atoms with Crippen molar-refractivity contribution in [2.24, 2.45) is 5.73 Å². The molecule has 18 heavy (non-hydrogen) atoms. The normalized spacial score (nSPS) is 19.2. The van der Waals surface area contributed by atoms with Gasteiger partial charge in [0.1, 0.15) is 5.52 Å². The van der Waals surface area contributed by atoms with Crippen molar-refractivity contribution in [3.05, 3.63) is 29.7 Å². The van der Waals surface area contributed by atoms with Gasteiger partial charge in [-0.15, -0.1) is 0 Å². The van der Waals surface area contributed by atoms with Gasteiger partial charge in [-0.3, -0.25) is 4.90 Å².